The van der Waals surface area contributed by atoms with Crippen molar-refractivity contribution in [2.75, 3.05) is 6.54 Å². The van der Waals surface area contributed by atoms with Crippen molar-refractivity contribution in [2.45, 2.75) is 57.5 Å². The summed E-state index contributed by atoms with van der Waals surface area (Å²) < 4.78 is 0. The molecule has 0 spiro atoms. The van der Waals surface area contributed by atoms with Gasteiger partial charge in [0.25, 0.3) is 11.8 Å². The van der Waals surface area contributed by atoms with E-state index in [1.807, 2.05) is 4.90 Å². The summed E-state index contributed by atoms with van der Waals surface area (Å²) in [5.74, 6) is -0.155. The highest BCUT2D eigenvalue weighted by atomic mass is 16.2. The third kappa shape index (κ3) is 3.29. The fourth-order valence-electron chi connectivity index (χ4n) is 3.02. The molecule has 2 amide bonds. The molecule has 118 valence electrons. The highest BCUT2D eigenvalue weighted by Crippen LogP contribution is 2.22. The number of piperidine rings is 1. The minimum absolute atomic E-state index is 0.0485. The van der Waals surface area contributed by atoms with Gasteiger partial charge in [0.05, 0.1) is 0 Å². The summed E-state index contributed by atoms with van der Waals surface area (Å²) >= 11 is 0. The third-order valence-electron chi connectivity index (χ3n) is 4.51. The summed E-state index contributed by atoms with van der Waals surface area (Å²) in [6.07, 6.45) is 7.91. The Kier molecular flexibility index (Phi) is 4.41. The number of amides is 2. The minimum atomic E-state index is -0.107. The molecule has 2 heterocycles. The smallest absolute Gasteiger partial charge is 0.272 e. The van der Waals surface area contributed by atoms with Crippen LogP contribution in [0.4, 0.5) is 0 Å². The molecule has 1 saturated heterocycles. The number of hydrogen-bond acceptors (Lipinski definition) is 3. The first-order chi connectivity index (χ1) is 10.7. The van der Waals surface area contributed by atoms with E-state index in [4.69, 9.17) is 0 Å². The Balaban J connectivity index is 1.75. The molecule has 1 N–H and O–H groups in total. The van der Waals surface area contributed by atoms with Crippen molar-refractivity contribution >= 4 is 11.8 Å². The molecule has 3 rings (SSSR count). The summed E-state index contributed by atoms with van der Waals surface area (Å²) in [6, 6.07) is 3.90. The van der Waals surface area contributed by atoms with Crippen molar-refractivity contribution in [2.24, 2.45) is 0 Å². The van der Waals surface area contributed by atoms with E-state index < -0.39 is 0 Å². The average molecular weight is 301 g/mol. The standard InChI is InChI=1S/C17H23N3O2/c1-2-14-5-3-4-10-20(14)17(22)15-11-12(8-9-18-15)16(21)19-13-6-7-13/h8-9,11,13-14H,2-7,10H2,1H3,(H,19,21). The Labute approximate surface area is 131 Å². The fourth-order valence-corrected chi connectivity index (χ4v) is 3.02. The SMILES string of the molecule is CCC1CCCCN1C(=O)c1cc(C(=O)NC2CC2)ccn1. The van der Waals surface area contributed by atoms with Crippen molar-refractivity contribution < 1.29 is 9.59 Å². The predicted octanol–water partition coefficient (Wildman–Crippen LogP) is 2.38. The Morgan fingerprint density at radius 2 is 2.14 bits per heavy atom. The summed E-state index contributed by atoms with van der Waals surface area (Å²) in [5.41, 5.74) is 0.902. The van der Waals surface area contributed by atoms with E-state index in [2.05, 4.69) is 17.2 Å². The fraction of sp³-hybridized carbons (Fsp3) is 0.588. The number of carbonyl (C=O) groups is 2. The van der Waals surface area contributed by atoms with Crippen molar-refractivity contribution in [1.29, 1.82) is 0 Å². The minimum Gasteiger partial charge on any atom is -0.349 e. The van der Waals surface area contributed by atoms with Gasteiger partial charge in [-0.3, -0.25) is 14.6 Å². The Morgan fingerprint density at radius 3 is 2.86 bits per heavy atom. The molecule has 1 aromatic heterocycles. The Bertz CT molecular complexity index is 569. The zero-order valence-electron chi connectivity index (χ0n) is 13.0. The number of likely N-dealkylation sites (tertiary alicyclic amines) is 1. The van der Waals surface area contributed by atoms with E-state index in [-0.39, 0.29) is 11.8 Å². The zero-order chi connectivity index (χ0) is 15.5. The van der Waals surface area contributed by atoms with Gasteiger partial charge in [-0.25, -0.2) is 0 Å². The summed E-state index contributed by atoms with van der Waals surface area (Å²) in [6.45, 7) is 2.90. The van der Waals surface area contributed by atoms with Crippen LogP contribution in [0.25, 0.3) is 0 Å². The van der Waals surface area contributed by atoms with Crippen molar-refractivity contribution in [1.82, 2.24) is 15.2 Å². The van der Waals surface area contributed by atoms with Crippen LogP contribution in [-0.2, 0) is 0 Å². The molecule has 1 unspecified atom stereocenters. The number of carbonyl (C=O) groups excluding carboxylic acids is 2. The number of pyridine rings is 1. The first-order valence-corrected chi connectivity index (χ1v) is 8.27. The molecule has 2 aliphatic rings. The lowest BCUT2D eigenvalue weighted by Gasteiger charge is -2.35. The number of hydrogen-bond donors (Lipinski definition) is 1. The van der Waals surface area contributed by atoms with Crippen LogP contribution in [0.3, 0.4) is 0 Å². The molecule has 1 aromatic rings. The molecule has 2 fully saturated rings. The second kappa shape index (κ2) is 6.46. The van der Waals surface area contributed by atoms with Gasteiger partial charge < -0.3 is 10.2 Å². The van der Waals surface area contributed by atoms with Crippen molar-refractivity contribution in [3.05, 3.63) is 29.6 Å². The van der Waals surface area contributed by atoms with E-state index in [9.17, 15) is 9.59 Å². The molecule has 1 aliphatic heterocycles. The highest BCUT2D eigenvalue weighted by molar-refractivity contribution is 5.98. The largest absolute Gasteiger partial charge is 0.349 e. The van der Waals surface area contributed by atoms with Crippen molar-refractivity contribution in [3.8, 4) is 0 Å². The van der Waals surface area contributed by atoms with E-state index in [1.165, 1.54) is 6.42 Å². The molecule has 1 aliphatic carbocycles. The van der Waals surface area contributed by atoms with Gasteiger partial charge in [0.15, 0.2) is 0 Å². The molecule has 5 nitrogen and oxygen atoms in total. The van der Waals surface area contributed by atoms with E-state index in [0.29, 0.717) is 23.3 Å². The van der Waals surface area contributed by atoms with Crippen LogP contribution >= 0.6 is 0 Å². The second-order valence-electron chi connectivity index (χ2n) is 6.23. The van der Waals surface area contributed by atoms with Crippen LogP contribution in [0.15, 0.2) is 18.3 Å². The van der Waals surface area contributed by atoms with Gasteiger partial charge in [0.1, 0.15) is 5.69 Å². The average Bonchev–Trinajstić information content (AvgIpc) is 3.38. The van der Waals surface area contributed by atoms with Crippen LogP contribution in [-0.4, -0.2) is 40.3 Å². The topological polar surface area (TPSA) is 62.3 Å². The molecular formula is C17H23N3O2. The number of aromatic nitrogens is 1. The molecule has 0 bridgehead atoms. The van der Waals surface area contributed by atoms with Gasteiger partial charge in [-0.15, -0.1) is 0 Å². The van der Waals surface area contributed by atoms with Gasteiger partial charge in [-0.1, -0.05) is 6.92 Å². The lowest BCUT2D eigenvalue weighted by molar-refractivity contribution is 0.0602. The first kappa shape index (κ1) is 15.0. The van der Waals surface area contributed by atoms with Crippen LogP contribution in [0.2, 0.25) is 0 Å². The highest BCUT2D eigenvalue weighted by Gasteiger charge is 2.28. The number of nitrogens with one attached hydrogen (secondary N) is 1. The van der Waals surface area contributed by atoms with Gasteiger partial charge in [-0.05, 0) is 50.7 Å². The van der Waals surface area contributed by atoms with Gasteiger partial charge >= 0.3 is 0 Å². The Hall–Kier alpha value is -1.91. The zero-order valence-corrected chi connectivity index (χ0v) is 13.0. The summed E-state index contributed by atoms with van der Waals surface area (Å²) in [4.78, 5) is 30.9. The lowest BCUT2D eigenvalue weighted by atomic mass is 9.99. The Morgan fingerprint density at radius 1 is 1.32 bits per heavy atom. The van der Waals surface area contributed by atoms with Crippen LogP contribution in [0.5, 0.6) is 0 Å². The monoisotopic (exact) mass is 301 g/mol. The maximum atomic E-state index is 12.7. The second-order valence-corrected chi connectivity index (χ2v) is 6.23. The first-order valence-electron chi connectivity index (χ1n) is 8.27. The molecule has 1 saturated carbocycles. The quantitative estimate of drug-likeness (QED) is 0.928. The molecular weight excluding hydrogens is 278 g/mol. The van der Waals surface area contributed by atoms with Gasteiger partial charge in [0.2, 0.25) is 0 Å². The van der Waals surface area contributed by atoms with E-state index in [1.54, 1.807) is 18.3 Å². The normalized spacial score (nSPS) is 21.5. The van der Waals surface area contributed by atoms with Crippen LogP contribution in [0, 0.1) is 0 Å². The van der Waals surface area contributed by atoms with Crippen LogP contribution in [0.1, 0.15) is 66.3 Å². The molecule has 1 atom stereocenters. The summed E-state index contributed by atoms with van der Waals surface area (Å²) in [5, 5.41) is 2.94. The molecule has 5 heteroatoms. The van der Waals surface area contributed by atoms with E-state index >= 15 is 0 Å². The summed E-state index contributed by atoms with van der Waals surface area (Å²) in [7, 11) is 0. The molecule has 22 heavy (non-hydrogen) atoms. The van der Waals surface area contributed by atoms with E-state index in [0.717, 1.165) is 38.6 Å². The maximum absolute atomic E-state index is 12.7. The molecule has 0 radical (unpaired) electrons. The third-order valence-corrected chi connectivity index (χ3v) is 4.51. The maximum Gasteiger partial charge on any atom is 0.272 e. The predicted molar refractivity (Wildman–Crippen MR) is 83.7 cm³/mol. The number of rotatable bonds is 4. The lowest BCUT2D eigenvalue weighted by Crippen LogP contribution is -2.43. The van der Waals surface area contributed by atoms with Gasteiger partial charge in [0, 0.05) is 30.4 Å². The number of nitrogens with zero attached hydrogens (tertiary/aromatic N) is 2. The van der Waals surface area contributed by atoms with Gasteiger partial charge in [-0.2, -0.15) is 0 Å². The van der Waals surface area contributed by atoms with Crippen LogP contribution < -0.4 is 5.32 Å². The van der Waals surface area contributed by atoms with Crippen molar-refractivity contribution in [3.63, 3.8) is 0 Å². The molecule has 0 aromatic carbocycles.